The third kappa shape index (κ3) is 2.95. The van der Waals surface area contributed by atoms with Gasteiger partial charge in [-0.05, 0) is 54.1 Å². The highest BCUT2D eigenvalue weighted by molar-refractivity contribution is 14.1. The Hall–Kier alpha value is -0.620. The zero-order valence-corrected chi connectivity index (χ0v) is 11.2. The van der Waals surface area contributed by atoms with E-state index in [1.165, 1.54) is 0 Å². The van der Waals surface area contributed by atoms with E-state index in [9.17, 15) is 4.79 Å². The van der Waals surface area contributed by atoms with Crippen molar-refractivity contribution in [2.75, 3.05) is 13.1 Å². The number of carbonyl (C=O) groups excluding carboxylic acids is 1. The molecule has 1 aromatic carbocycles. The highest BCUT2D eigenvalue weighted by Gasteiger charge is 2.17. The predicted octanol–water partition coefficient (Wildman–Crippen LogP) is 1.77. The van der Waals surface area contributed by atoms with Crippen molar-refractivity contribution in [1.29, 1.82) is 0 Å². The van der Waals surface area contributed by atoms with Crippen molar-refractivity contribution in [2.24, 2.45) is 0 Å². The lowest BCUT2D eigenvalue weighted by atomic mass is 10.1. The molecule has 1 amide bonds. The Morgan fingerprint density at radius 3 is 2.94 bits per heavy atom. The van der Waals surface area contributed by atoms with E-state index in [0.717, 1.165) is 35.1 Å². The van der Waals surface area contributed by atoms with E-state index in [4.69, 9.17) is 0 Å². The number of carbonyl (C=O) groups is 1. The van der Waals surface area contributed by atoms with Crippen LogP contribution in [-0.2, 0) is 0 Å². The Bertz CT molecular complexity index is 375. The molecule has 16 heavy (non-hydrogen) atoms. The normalized spacial score (nSPS) is 20.4. The van der Waals surface area contributed by atoms with Crippen LogP contribution in [0.5, 0.6) is 0 Å². The van der Waals surface area contributed by atoms with E-state index in [2.05, 4.69) is 33.2 Å². The molecule has 1 saturated heterocycles. The molecule has 0 aromatic heterocycles. The quantitative estimate of drug-likeness (QED) is 0.812. The van der Waals surface area contributed by atoms with Crippen LogP contribution in [0.15, 0.2) is 24.3 Å². The summed E-state index contributed by atoms with van der Waals surface area (Å²) in [4.78, 5) is 12.0. The number of amides is 1. The molecule has 0 aliphatic carbocycles. The van der Waals surface area contributed by atoms with Crippen molar-refractivity contribution >= 4 is 28.5 Å². The summed E-state index contributed by atoms with van der Waals surface area (Å²) >= 11 is 2.19. The zero-order chi connectivity index (χ0) is 11.4. The molecule has 1 aliphatic heterocycles. The van der Waals surface area contributed by atoms with Gasteiger partial charge >= 0.3 is 0 Å². The summed E-state index contributed by atoms with van der Waals surface area (Å²) < 4.78 is 1.00. The highest BCUT2D eigenvalue weighted by Crippen LogP contribution is 2.12. The lowest BCUT2D eigenvalue weighted by Gasteiger charge is -2.23. The molecule has 1 heterocycles. The number of hydrogen-bond donors (Lipinski definition) is 2. The van der Waals surface area contributed by atoms with Gasteiger partial charge in [0.2, 0.25) is 0 Å². The predicted molar refractivity (Wildman–Crippen MR) is 72.5 cm³/mol. The fourth-order valence-electron chi connectivity index (χ4n) is 1.88. The van der Waals surface area contributed by atoms with Crippen LogP contribution >= 0.6 is 22.6 Å². The highest BCUT2D eigenvalue weighted by atomic mass is 127. The van der Waals surface area contributed by atoms with Crippen molar-refractivity contribution in [1.82, 2.24) is 10.6 Å². The molecule has 1 aliphatic rings. The summed E-state index contributed by atoms with van der Waals surface area (Å²) in [5.41, 5.74) is 0.772. The Kier molecular flexibility index (Phi) is 4.17. The van der Waals surface area contributed by atoms with Gasteiger partial charge in [0.25, 0.3) is 5.91 Å². The smallest absolute Gasteiger partial charge is 0.252 e. The summed E-state index contributed by atoms with van der Waals surface area (Å²) in [6.07, 6.45) is 2.21. The van der Waals surface area contributed by atoms with E-state index in [1.807, 2.05) is 24.3 Å². The van der Waals surface area contributed by atoms with Crippen molar-refractivity contribution in [2.45, 2.75) is 18.9 Å². The fourth-order valence-corrected chi connectivity index (χ4v) is 2.52. The first kappa shape index (κ1) is 11.9. The molecule has 2 rings (SSSR count). The maximum absolute atomic E-state index is 12.0. The Balaban J connectivity index is 2.00. The third-order valence-electron chi connectivity index (χ3n) is 2.75. The van der Waals surface area contributed by atoms with E-state index >= 15 is 0 Å². The van der Waals surface area contributed by atoms with Crippen LogP contribution in [0.25, 0.3) is 0 Å². The minimum Gasteiger partial charge on any atom is -0.348 e. The zero-order valence-electron chi connectivity index (χ0n) is 9.00. The summed E-state index contributed by atoms with van der Waals surface area (Å²) in [7, 11) is 0. The van der Waals surface area contributed by atoms with E-state index in [-0.39, 0.29) is 11.9 Å². The number of benzene rings is 1. The lowest BCUT2D eigenvalue weighted by Crippen LogP contribution is -2.45. The van der Waals surface area contributed by atoms with Gasteiger partial charge in [0.15, 0.2) is 0 Å². The second kappa shape index (κ2) is 5.63. The van der Waals surface area contributed by atoms with Crippen molar-refractivity contribution in [3.05, 3.63) is 33.4 Å². The molecule has 86 valence electrons. The molecule has 0 radical (unpaired) electrons. The second-order valence-electron chi connectivity index (χ2n) is 4.00. The van der Waals surface area contributed by atoms with Crippen LogP contribution in [0.2, 0.25) is 0 Å². The van der Waals surface area contributed by atoms with Gasteiger partial charge in [-0.2, -0.15) is 0 Å². The fraction of sp³-hybridized carbons (Fsp3) is 0.417. The maximum atomic E-state index is 12.0. The molecular formula is C12H15IN2O. The third-order valence-corrected chi connectivity index (χ3v) is 3.69. The van der Waals surface area contributed by atoms with Gasteiger partial charge in [-0.25, -0.2) is 0 Å². The maximum Gasteiger partial charge on any atom is 0.252 e. The molecule has 0 bridgehead atoms. The Morgan fingerprint density at radius 1 is 1.44 bits per heavy atom. The molecule has 3 nitrogen and oxygen atoms in total. The number of piperidine rings is 1. The first-order valence-corrected chi connectivity index (χ1v) is 6.61. The second-order valence-corrected chi connectivity index (χ2v) is 5.16. The van der Waals surface area contributed by atoms with Gasteiger partial charge in [-0.3, -0.25) is 4.79 Å². The monoisotopic (exact) mass is 330 g/mol. The van der Waals surface area contributed by atoms with Gasteiger partial charge in [0.1, 0.15) is 0 Å². The standard InChI is InChI=1S/C12H15IN2O/c13-11-6-2-1-5-10(11)12(16)15-9-4-3-7-14-8-9/h1-2,5-6,9,14H,3-4,7-8H2,(H,15,16)/t9-/m0/s1. The van der Waals surface area contributed by atoms with Crippen LogP contribution in [0.1, 0.15) is 23.2 Å². The molecule has 1 atom stereocenters. The first-order chi connectivity index (χ1) is 7.77. The van der Waals surface area contributed by atoms with Crippen LogP contribution < -0.4 is 10.6 Å². The molecule has 1 fully saturated rings. The van der Waals surface area contributed by atoms with Gasteiger partial charge in [0.05, 0.1) is 5.56 Å². The molecule has 0 spiro atoms. The van der Waals surface area contributed by atoms with E-state index < -0.39 is 0 Å². The largest absolute Gasteiger partial charge is 0.348 e. The van der Waals surface area contributed by atoms with E-state index in [0.29, 0.717) is 0 Å². The van der Waals surface area contributed by atoms with Gasteiger partial charge in [0, 0.05) is 16.2 Å². The molecule has 4 heteroatoms. The molecule has 0 unspecified atom stereocenters. The number of hydrogen-bond acceptors (Lipinski definition) is 2. The van der Waals surface area contributed by atoms with Crippen molar-refractivity contribution < 1.29 is 4.79 Å². The molecular weight excluding hydrogens is 315 g/mol. The van der Waals surface area contributed by atoms with Crippen LogP contribution in [0.3, 0.4) is 0 Å². The Morgan fingerprint density at radius 2 is 2.25 bits per heavy atom. The first-order valence-electron chi connectivity index (χ1n) is 5.53. The number of halogens is 1. The summed E-state index contributed by atoms with van der Waals surface area (Å²) in [6, 6.07) is 7.94. The molecule has 0 saturated carbocycles. The van der Waals surface area contributed by atoms with Crippen LogP contribution in [0, 0.1) is 3.57 Å². The van der Waals surface area contributed by atoms with Gasteiger partial charge in [-0.1, -0.05) is 12.1 Å². The average molecular weight is 330 g/mol. The van der Waals surface area contributed by atoms with Crippen LogP contribution in [-0.4, -0.2) is 25.0 Å². The van der Waals surface area contributed by atoms with Crippen molar-refractivity contribution in [3.63, 3.8) is 0 Å². The van der Waals surface area contributed by atoms with Crippen LogP contribution in [0.4, 0.5) is 0 Å². The summed E-state index contributed by atoms with van der Waals surface area (Å²) in [5, 5.41) is 6.36. The topological polar surface area (TPSA) is 41.1 Å². The summed E-state index contributed by atoms with van der Waals surface area (Å²) in [5.74, 6) is 0.0405. The lowest BCUT2D eigenvalue weighted by molar-refractivity contribution is 0.0930. The van der Waals surface area contributed by atoms with Crippen molar-refractivity contribution in [3.8, 4) is 0 Å². The SMILES string of the molecule is O=C(N[C@H]1CCCNC1)c1ccccc1I. The number of rotatable bonds is 2. The van der Waals surface area contributed by atoms with Gasteiger partial charge < -0.3 is 10.6 Å². The average Bonchev–Trinajstić information content (AvgIpc) is 2.31. The minimum absolute atomic E-state index is 0.0405. The van der Waals surface area contributed by atoms with Gasteiger partial charge in [-0.15, -0.1) is 0 Å². The minimum atomic E-state index is 0.0405. The Labute approximate surface area is 109 Å². The summed E-state index contributed by atoms with van der Waals surface area (Å²) in [6.45, 7) is 1.95. The van der Waals surface area contributed by atoms with E-state index in [1.54, 1.807) is 0 Å². The number of nitrogens with one attached hydrogen (secondary N) is 2. The molecule has 2 N–H and O–H groups in total. The molecule has 1 aromatic rings.